The highest BCUT2D eigenvalue weighted by Gasteiger charge is 2.13. The van der Waals surface area contributed by atoms with Gasteiger partial charge in [0.15, 0.2) is 13.2 Å². The zero-order chi connectivity index (χ0) is 19.3. The van der Waals surface area contributed by atoms with Crippen molar-refractivity contribution in [1.82, 2.24) is 0 Å². The first-order chi connectivity index (χ1) is 12.3. The molecule has 0 radical (unpaired) electrons. The van der Waals surface area contributed by atoms with Gasteiger partial charge in [-0.15, -0.1) is 0 Å². The normalized spacial score (nSPS) is 10.3. The lowest BCUT2D eigenvalue weighted by Crippen LogP contribution is -2.24. The quantitative estimate of drug-likeness (QED) is 0.771. The van der Waals surface area contributed by atoms with Gasteiger partial charge >= 0.3 is 5.97 Å². The third-order valence-corrected chi connectivity index (χ3v) is 3.55. The minimum absolute atomic E-state index is 0.212. The minimum Gasteiger partial charge on any atom is -0.481 e. The number of amides is 1. The fourth-order valence-corrected chi connectivity index (χ4v) is 2.55. The van der Waals surface area contributed by atoms with Gasteiger partial charge in [-0.2, -0.15) is 0 Å². The van der Waals surface area contributed by atoms with Crippen LogP contribution in [-0.4, -0.2) is 25.1 Å². The van der Waals surface area contributed by atoms with Crippen molar-refractivity contribution in [3.63, 3.8) is 0 Å². The fraction of sp³-hybridized carbons (Fsp3) is 0.222. The number of hydrogen-bond donors (Lipinski definition) is 1. The molecule has 0 aliphatic rings. The average molecular weight is 384 g/mol. The van der Waals surface area contributed by atoms with Gasteiger partial charge in [-0.1, -0.05) is 11.6 Å². The summed E-state index contributed by atoms with van der Waals surface area (Å²) < 4.78 is 36.4. The van der Waals surface area contributed by atoms with E-state index in [4.69, 9.17) is 21.1 Å². The minimum atomic E-state index is -0.929. The Hall–Kier alpha value is -2.67. The monoisotopic (exact) mass is 383 g/mol. The van der Waals surface area contributed by atoms with Crippen LogP contribution in [0.2, 0.25) is 5.02 Å². The Bertz CT molecular complexity index is 819. The van der Waals surface area contributed by atoms with Crippen molar-refractivity contribution in [2.45, 2.75) is 13.8 Å². The highest BCUT2D eigenvalue weighted by molar-refractivity contribution is 6.30. The Balaban J connectivity index is 1.82. The lowest BCUT2D eigenvalue weighted by molar-refractivity contribution is -0.149. The number of halogens is 3. The van der Waals surface area contributed by atoms with Crippen molar-refractivity contribution in [2.24, 2.45) is 0 Å². The molecule has 0 unspecified atom stereocenters. The van der Waals surface area contributed by atoms with Crippen LogP contribution in [-0.2, 0) is 14.3 Å². The first-order valence-electron chi connectivity index (χ1n) is 7.56. The fourth-order valence-electron chi connectivity index (χ4n) is 2.22. The van der Waals surface area contributed by atoms with E-state index in [1.807, 2.05) is 0 Å². The number of ether oxygens (including phenoxy) is 2. The summed E-state index contributed by atoms with van der Waals surface area (Å²) in [6.07, 6.45) is 0. The van der Waals surface area contributed by atoms with E-state index in [0.717, 1.165) is 23.3 Å². The molecule has 0 aliphatic heterocycles. The highest BCUT2D eigenvalue weighted by Crippen LogP contribution is 2.27. The number of anilines is 1. The van der Waals surface area contributed by atoms with Gasteiger partial charge in [-0.3, -0.25) is 4.79 Å². The topological polar surface area (TPSA) is 64.6 Å². The number of aryl methyl sites for hydroxylation is 2. The largest absolute Gasteiger partial charge is 0.481 e. The van der Waals surface area contributed by atoms with Crippen LogP contribution >= 0.6 is 11.6 Å². The summed E-state index contributed by atoms with van der Waals surface area (Å²) in [6.45, 7) is 2.54. The average Bonchev–Trinajstić information content (AvgIpc) is 2.54. The molecule has 0 saturated carbocycles. The van der Waals surface area contributed by atoms with Gasteiger partial charge in [-0.25, -0.2) is 13.6 Å². The number of esters is 1. The molecule has 5 nitrogen and oxygen atoms in total. The summed E-state index contributed by atoms with van der Waals surface area (Å²) >= 11 is 5.92. The Morgan fingerprint density at radius 3 is 2.35 bits per heavy atom. The SMILES string of the molecule is Cc1cc(Cl)cc(C)c1OCC(=O)OCC(=O)Nc1ccc(F)cc1F. The second-order valence-electron chi connectivity index (χ2n) is 5.49. The van der Waals surface area contributed by atoms with Crippen LogP contribution in [0.15, 0.2) is 30.3 Å². The molecule has 0 heterocycles. The van der Waals surface area contributed by atoms with E-state index in [1.165, 1.54) is 0 Å². The van der Waals surface area contributed by atoms with Gasteiger partial charge in [0.2, 0.25) is 0 Å². The third-order valence-electron chi connectivity index (χ3n) is 3.33. The summed E-state index contributed by atoms with van der Waals surface area (Å²) in [5, 5.41) is 2.73. The molecule has 0 spiro atoms. The van der Waals surface area contributed by atoms with Gasteiger partial charge in [0.25, 0.3) is 5.91 Å². The summed E-state index contributed by atoms with van der Waals surface area (Å²) in [7, 11) is 0. The van der Waals surface area contributed by atoms with E-state index in [0.29, 0.717) is 16.8 Å². The second-order valence-corrected chi connectivity index (χ2v) is 5.93. The van der Waals surface area contributed by atoms with E-state index in [2.05, 4.69) is 5.32 Å². The van der Waals surface area contributed by atoms with Gasteiger partial charge in [-0.05, 0) is 49.2 Å². The molecule has 2 aromatic carbocycles. The van der Waals surface area contributed by atoms with Crippen LogP contribution in [0.4, 0.5) is 14.5 Å². The molecule has 2 rings (SSSR count). The van der Waals surface area contributed by atoms with E-state index in [1.54, 1.807) is 26.0 Å². The molecule has 0 fully saturated rings. The lowest BCUT2D eigenvalue weighted by atomic mass is 10.1. The van der Waals surface area contributed by atoms with Crippen LogP contribution < -0.4 is 10.1 Å². The van der Waals surface area contributed by atoms with E-state index < -0.39 is 36.7 Å². The number of carbonyl (C=O) groups excluding carboxylic acids is 2. The Morgan fingerprint density at radius 1 is 1.08 bits per heavy atom. The number of rotatable bonds is 6. The molecular formula is C18H16ClF2NO4. The second kappa shape index (κ2) is 8.62. The molecular weight excluding hydrogens is 368 g/mol. The van der Waals surface area contributed by atoms with Crippen molar-refractivity contribution < 1.29 is 27.8 Å². The molecule has 0 atom stereocenters. The third kappa shape index (κ3) is 5.42. The highest BCUT2D eigenvalue weighted by atomic mass is 35.5. The standard InChI is InChI=1S/C18H16ClF2NO4/c1-10-5-12(19)6-11(2)18(10)26-9-17(24)25-8-16(23)22-15-4-3-13(20)7-14(15)21/h3-7H,8-9H2,1-2H3,(H,22,23). The van der Waals surface area contributed by atoms with Crippen molar-refractivity contribution in [3.8, 4) is 5.75 Å². The molecule has 0 bridgehead atoms. The van der Waals surface area contributed by atoms with Gasteiger partial charge in [0.1, 0.15) is 17.4 Å². The molecule has 1 amide bonds. The molecule has 0 aromatic heterocycles. The summed E-state index contributed by atoms with van der Waals surface area (Å²) in [4.78, 5) is 23.4. The first kappa shape index (κ1) is 19.7. The lowest BCUT2D eigenvalue weighted by Gasteiger charge is -2.12. The predicted octanol–water partition coefficient (Wildman–Crippen LogP) is 3.80. The molecule has 0 saturated heterocycles. The van der Waals surface area contributed by atoms with Crippen molar-refractivity contribution in [1.29, 1.82) is 0 Å². The van der Waals surface area contributed by atoms with Crippen LogP contribution in [0.5, 0.6) is 5.75 Å². The van der Waals surface area contributed by atoms with Crippen molar-refractivity contribution in [3.05, 3.63) is 58.1 Å². The van der Waals surface area contributed by atoms with E-state index in [-0.39, 0.29) is 5.69 Å². The van der Waals surface area contributed by atoms with Gasteiger partial charge in [0.05, 0.1) is 5.69 Å². The Labute approximate surface area is 153 Å². The number of hydrogen-bond acceptors (Lipinski definition) is 4. The Morgan fingerprint density at radius 2 is 1.73 bits per heavy atom. The predicted molar refractivity (Wildman–Crippen MR) is 92.4 cm³/mol. The van der Waals surface area contributed by atoms with Crippen molar-refractivity contribution in [2.75, 3.05) is 18.5 Å². The maximum atomic E-state index is 13.4. The molecule has 0 aliphatic carbocycles. The molecule has 8 heteroatoms. The Kier molecular flexibility index (Phi) is 6.52. The molecule has 26 heavy (non-hydrogen) atoms. The summed E-state index contributed by atoms with van der Waals surface area (Å²) in [5.41, 5.74) is 1.30. The van der Waals surface area contributed by atoms with Gasteiger partial charge in [0, 0.05) is 11.1 Å². The van der Waals surface area contributed by atoms with Crippen LogP contribution in [0.25, 0.3) is 0 Å². The molecule has 2 aromatic rings. The van der Waals surface area contributed by atoms with E-state index >= 15 is 0 Å². The number of nitrogens with one attached hydrogen (secondary N) is 1. The smallest absolute Gasteiger partial charge is 0.344 e. The van der Waals surface area contributed by atoms with Crippen LogP contribution in [0.3, 0.4) is 0 Å². The van der Waals surface area contributed by atoms with E-state index in [9.17, 15) is 18.4 Å². The number of benzene rings is 2. The maximum Gasteiger partial charge on any atom is 0.344 e. The van der Waals surface area contributed by atoms with Gasteiger partial charge < -0.3 is 14.8 Å². The maximum absolute atomic E-state index is 13.4. The van der Waals surface area contributed by atoms with Crippen LogP contribution in [0, 0.1) is 25.5 Å². The first-order valence-corrected chi connectivity index (χ1v) is 7.94. The molecule has 138 valence electrons. The van der Waals surface area contributed by atoms with Crippen LogP contribution in [0.1, 0.15) is 11.1 Å². The molecule has 1 N–H and O–H groups in total. The summed E-state index contributed by atoms with van der Waals surface area (Å²) in [6, 6.07) is 6.08. The van der Waals surface area contributed by atoms with Crippen molar-refractivity contribution >= 4 is 29.2 Å². The zero-order valence-corrected chi connectivity index (χ0v) is 14.8. The number of carbonyl (C=O) groups is 2. The zero-order valence-electron chi connectivity index (χ0n) is 14.1. The summed E-state index contributed by atoms with van der Waals surface area (Å²) in [5.74, 6) is -2.72.